The first-order valence-electron chi connectivity index (χ1n) is 7.48. The van der Waals surface area contributed by atoms with E-state index in [1.54, 1.807) is 12.1 Å². The van der Waals surface area contributed by atoms with Crippen LogP contribution in [0.1, 0.15) is 10.4 Å². The van der Waals surface area contributed by atoms with Crippen LogP contribution in [0, 0.1) is 0 Å². The number of hydrogen-bond donors (Lipinski definition) is 2. The molecule has 3 rings (SSSR count). The van der Waals surface area contributed by atoms with Crippen molar-refractivity contribution in [2.45, 2.75) is 11.1 Å². The van der Waals surface area contributed by atoms with E-state index in [-0.39, 0.29) is 18.1 Å². The third kappa shape index (κ3) is 4.48. The molecule has 0 spiro atoms. The number of ether oxygens (including phenoxy) is 1. The smallest absolute Gasteiger partial charge is 0.398 e. The van der Waals surface area contributed by atoms with Gasteiger partial charge in [-0.15, -0.1) is 11.8 Å². The summed E-state index contributed by atoms with van der Waals surface area (Å²) in [6.07, 6.45) is -4.30. The van der Waals surface area contributed by atoms with Crippen molar-refractivity contribution in [3.05, 3.63) is 48.0 Å². The van der Waals surface area contributed by atoms with Gasteiger partial charge in [0, 0.05) is 10.5 Å². The molecule has 0 saturated carbocycles. The van der Waals surface area contributed by atoms with E-state index in [0.717, 1.165) is 0 Å². The highest BCUT2D eigenvalue weighted by Crippen LogP contribution is 2.33. The van der Waals surface area contributed by atoms with Gasteiger partial charge in [-0.1, -0.05) is 12.1 Å². The minimum atomic E-state index is -4.30. The van der Waals surface area contributed by atoms with E-state index < -0.39 is 17.8 Å². The van der Waals surface area contributed by atoms with Crippen LogP contribution in [0.3, 0.4) is 0 Å². The number of halogens is 3. The summed E-state index contributed by atoms with van der Waals surface area (Å²) in [5, 5.41) is 5.22. The number of anilines is 2. The van der Waals surface area contributed by atoms with Crippen molar-refractivity contribution in [1.82, 2.24) is 0 Å². The third-order valence-electron chi connectivity index (χ3n) is 3.40. The molecule has 26 heavy (non-hydrogen) atoms. The first-order valence-corrected chi connectivity index (χ1v) is 8.47. The summed E-state index contributed by atoms with van der Waals surface area (Å²) < 4.78 is 42.6. The van der Waals surface area contributed by atoms with Crippen LogP contribution in [0.15, 0.2) is 47.4 Å². The Morgan fingerprint density at radius 2 is 2.00 bits per heavy atom. The average Bonchev–Trinajstić information content (AvgIpc) is 2.59. The molecule has 0 radical (unpaired) electrons. The third-order valence-corrected chi connectivity index (χ3v) is 4.54. The van der Waals surface area contributed by atoms with E-state index in [4.69, 9.17) is 4.74 Å². The lowest BCUT2D eigenvalue weighted by Crippen LogP contribution is -2.25. The van der Waals surface area contributed by atoms with E-state index in [1.807, 2.05) is 0 Å². The maximum atomic E-state index is 12.4. The fraction of sp³-hybridized carbons (Fsp3) is 0.176. The molecule has 1 heterocycles. The van der Waals surface area contributed by atoms with Gasteiger partial charge >= 0.3 is 6.18 Å². The molecular weight excluding hydrogens is 369 g/mol. The number of carbonyl (C=O) groups excluding carboxylic acids is 2. The quantitative estimate of drug-likeness (QED) is 0.787. The van der Waals surface area contributed by atoms with Crippen molar-refractivity contribution >= 4 is 35.0 Å². The van der Waals surface area contributed by atoms with Crippen LogP contribution in [0.4, 0.5) is 24.5 Å². The SMILES string of the molecule is O=C1COc2cc(C(=O)Nc3ccccc3SCC(F)(F)F)ccc2N1. The molecule has 0 unspecified atom stereocenters. The Balaban J connectivity index is 1.75. The highest BCUT2D eigenvalue weighted by molar-refractivity contribution is 7.99. The van der Waals surface area contributed by atoms with Gasteiger partial charge in [0.2, 0.25) is 0 Å². The standard InChI is InChI=1S/C17H13F3N2O3S/c18-17(19,20)9-26-14-4-2-1-3-12(14)22-16(24)10-5-6-11-13(7-10)25-8-15(23)21-11/h1-7H,8-9H2,(H,21,23)(H,22,24). The molecule has 0 aliphatic carbocycles. The zero-order valence-corrected chi connectivity index (χ0v) is 14.0. The van der Waals surface area contributed by atoms with Crippen LogP contribution in [0.25, 0.3) is 0 Å². The second-order valence-corrected chi connectivity index (χ2v) is 6.42. The molecule has 0 fully saturated rings. The number of benzene rings is 2. The number of para-hydroxylation sites is 1. The van der Waals surface area contributed by atoms with Gasteiger partial charge in [0.1, 0.15) is 5.75 Å². The number of alkyl halides is 3. The highest BCUT2D eigenvalue weighted by Gasteiger charge is 2.28. The maximum Gasteiger partial charge on any atom is 0.398 e. The van der Waals surface area contributed by atoms with Gasteiger partial charge in [-0.05, 0) is 30.3 Å². The fourth-order valence-electron chi connectivity index (χ4n) is 2.27. The van der Waals surface area contributed by atoms with Crippen molar-refractivity contribution in [3.8, 4) is 5.75 Å². The van der Waals surface area contributed by atoms with Crippen LogP contribution < -0.4 is 15.4 Å². The summed E-state index contributed by atoms with van der Waals surface area (Å²) in [6.45, 7) is -0.144. The Hall–Kier alpha value is -2.68. The molecule has 136 valence electrons. The molecule has 1 aliphatic rings. The summed E-state index contributed by atoms with van der Waals surface area (Å²) in [5.74, 6) is -1.47. The zero-order chi connectivity index (χ0) is 18.7. The van der Waals surface area contributed by atoms with Crippen LogP contribution >= 0.6 is 11.8 Å². The van der Waals surface area contributed by atoms with Crippen LogP contribution in [0.2, 0.25) is 0 Å². The number of carbonyl (C=O) groups is 2. The second kappa shape index (κ2) is 7.28. The van der Waals surface area contributed by atoms with Gasteiger partial charge in [0.05, 0.1) is 17.1 Å². The Morgan fingerprint density at radius 3 is 2.77 bits per heavy atom. The van der Waals surface area contributed by atoms with E-state index >= 15 is 0 Å². The molecule has 0 atom stereocenters. The molecule has 1 aliphatic heterocycles. The highest BCUT2D eigenvalue weighted by atomic mass is 32.2. The Bertz CT molecular complexity index is 855. The van der Waals surface area contributed by atoms with Crippen molar-refractivity contribution < 1.29 is 27.5 Å². The molecule has 5 nitrogen and oxygen atoms in total. The lowest BCUT2D eigenvalue weighted by atomic mass is 10.1. The van der Waals surface area contributed by atoms with Crippen molar-refractivity contribution in [1.29, 1.82) is 0 Å². The van der Waals surface area contributed by atoms with E-state index in [0.29, 0.717) is 33.8 Å². The molecular formula is C17H13F3N2O3S. The van der Waals surface area contributed by atoms with E-state index in [9.17, 15) is 22.8 Å². The predicted molar refractivity (Wildman–Crippen MR) is 91.7 cm³/mol. The van der Waals surface area contributed by atoms with E-state index in [1.165, 1.54) is 30.3 Å². The maximum absolute atomic E-state index is 12.4. The second-order valence-electron chi connectivity index (χ2n) is 5.40. The Kier molecular flexibility index (Phi) is 5.08. The minimum Gasteiger partial charge on any atom is -0.482 e. The molecule has 2 aromatic carbocycles. The van der Waals surface area contributed by atoms with Crippen LogP contribution in [-0.4, -0.2) is 30.4 Å². The van der Waals surface area contributed by atoms with Crippen molar-refractivity contribution in [2.24, 2.45) is 0 Å². The topological polar surface area (TPSA) is 67.4 Å². The van der Waals surface area contributed by atoms with Gasteiger partial charge in [-0.2, -0.15) is 13.2 Å². The average molecular weight is 382 g/mol. The number of rotatable bonds is 4. The van der Waals surface area contributed by atoms with Gasteiger partial charge in [-0.3, -0.25) is 9.59 Å². The molecule has 9 heteroatoms. The lowest BCUT2D eigenvalue weighted by Gasteiger charge is -2.18. The number of nitrogens with one attached hydrogen (secondary N) is 2. The molecule has 0 saturated heterocycles. The normalized spacial score (nSPS) is 13.4. The zero-order valence-electron chi connectivity index (χ0n) is 13.2. The summed E-state index contributed by atoms with van der Waals surface area (Å²) in [4.78, 5) is 24.0. The van der Waals surface area contributed by atoms with E-state index in [2.05, 4.69) is 10.6 Å². The first-order chi connectivity index (χ1) is 12.3. The number of hydrogen-bond acceptors (Lipinski definition) is 4. The van der Waals surface area contributed by atoms with Crippen LogP contribution in [0.5, 0.6) is 5.75 Å². The number of thioether (sulfide) groups is 1. The van der Waals surface area contributed by atoms with Gasteiger partial charge < -0.3 is 15.4 Å². The number of amides is 2. The Morgan fingerprint density at radius 1 is 1.23 bits per heavy atom. The molecule has 2 aromatic rings. The largest absolute Gasteiger partial charge is 0.482 e. The number of fused-ring (bicyclic) bond motifs is 1. The lowest BCUT2D eigenvalue weighted by molar-refractivity contribution is -0.118. The summed E-state index contributed by atoms with van der Waals surface area (Å²) in [6, 6.07) is 10.8. The predicted octanol–water partition coefficient (Wildman–Crippen LogP) is 3.92. The van der Waals surface area contributed by atoms with Crippen LogP contribution in [-0.2, 0) is 4.79 Å². The van der Waals surface area contributed by atoms with Crippen molar-refractivity contribution in [3.63, 3.8) is 0 Å². The molecule has 0 aromatic heterocycles. The van der Waals surface area contributed by atoms with Crippen molar-refractivity contribution in [2.75, 3.05) is 23.0 Å². The minimum absolute atomic E-state index is 0.144. The fourth-order valence-corrected chi connectivity index (χ4v) is 3.03. The van der Waals surface area contributed by atoms with Gasteiger partial charge in [-0.25, -0.2) is 0 Å². The van der Waals surface area contributed by atoms with Gasteiger partial charge in [0.15, 0.2) is 6.61 Å². The summed E-state index contributed by atoms with van der Waals surface area (Å²) >= 11 is 0.602. The first kappa shape index (κ1) is 18.1. The van der Waals surface area contributed by atoms with Gasteiger partial charge in [0.25, 0.3) is 11.8 Å². The monoisotopic (exact) mass is 382 g/mol. The molecule has 2 N–H and O–H groups in total. The summed E-state index contributed by atoms with van der Waals surface area (Å²) in [5.41, 5.74) is 1.01. The molecule has 2 amide bonds. The Labute approximate surface area is 150 Å². The summed E-state index contributed by atoms with van der Waals surface area (Å²) in [7, 11) is 0. The molecule has 0 bridgehead atoms.